The van der Waals surface area contributed by atoms with Gasteiger partial charge >= 0.3 is 0 Å². The van der Waals surface area contributed by atoms with Crippen molar-refractivity contribution in [3.05, 3.63) is 0 Å². The Morgan fingerprint density at radius 1 is 1.50 bits per heavy atom. The highest BCUT2D eigenvalue weighted by Gasteiger charge is 1.82. The van der Waals surface area contributed by atoms with E-state index in [-0.39, 0.29) is 15.6 Å². The van der Waals surface area contributed by atoms with E-state index in [4.69, 9.17) is 14.2 Å². The second-order valence-corrected chi connectivity index (χ2v) is 1.83. The quantitative estimate of drug-likeness (QED) is 0.445. The molecule has 0 aromatic rings. The lowest BCUT2D eigenvalue weighted by Gasteiger charge is -1.98. The molecule has 1 atom stereocenters. The molecule has 3 nitrogen and oxygen atoms in total. The Balaban J connectivity index is 2.53. The van der Waals surface area contributed by atoms with E-state index in [1.807, 2.05) is 6.92 Å². The predicted molar refractivity (Wildman–Crippen MR) is 33.0 cm³/mol. The first kappa shape index (κ1) is 8.31. The van der Waals surface area contributed by atoms with Crippen LogP contribution in [0.4, 0.5) is 0 Å². The zero-order valence-electron chi connectivity index (χ0n) is 4.89. The van der Waals surface area contributed by atoms with Crippen LogP contribution in [0.25, 0.3) is 0 Å². The summed E-state index contributed by atoms with van der Waals surface area (Å²) in [5, 5.41) is 8.19. The Hall–Kier alpha value is 0.310. The fourth-order valence-corrected chi connectivity index (χ4v) is 0.564. The SMILES string of the molecule is CCOPOCCO. The molecule has 0 spiro atoms. The maximum absolute atomic E-state index is 8.19. The fourth-order valence-electron chi connectivity index (χ4n) is 0.188. The Kier molecular flexibility index (Phi) is 7.59. The van der Waals surface area contributed by atoms with Crippen LogP contribution in [0.2, 0.25) is 0 Å². The normalized spacial score (nSPS) is 11.2. The molecule has 0 radical (unpaired) electrons. The van der Waals surface area contributed by atoms with Crippen LogP contribution in [0.15, 0.2) is 0 Å². The molecule has 0 saturated carbocycles. The van der Waals surface area contributed by atoms with Gasteiger partial charge in [-0.25, -0.2) is 0 Å². The topological polar surface area (TPSA) is 38.7 Å². The van der Waals surface area contributed by atoms with Gasteiger partial charge in [-0.2, -0.15) is 0 Å². The van der Waals surface area contributed by atoms with E-state index in [0.29, 0.717) is 13.2 Å². The highest BCUT2D eigenvalue weighted by Crippen LogP contribution is 2.11. The number of aliphatic hydroxyl groups excluding tert-OH is 1. The zero-order valence-corrected chi connectivity index (χ0v) is 5.89. The van der Waals surface area contributed by atoms with Crippen LogP contribution >= 0.6 is 9.03 Å². The van der Waals surface area contributed by atoms with Crippen molar-refractivity contribution in [1.29, 1.82) is 0 Å². The van der Waals surface area contributed by atoms with Gasteiger partial charge in [0.1, 0.15) is 0 Å². The average molecular weight is 138 g/mol. The summed E-state index contributed by atoms with van der Waals surface area (Å²) in [5.74, 6) is 0. The standard InChI is InChI=1S/C4H11O3P/c1-2-6-8-7-4-3-5/h5,8H,2-4H2,1H3. The molecule has 0 heterocycles. The van der Waals surface area contributed by atoms with Gasteiger partial charge in [0.15, 0.2) is 9.03 Å². The van der Waals surface area contributed by atoms with Gasteiger partial charge in [-0.15, -0.1) is 0 Å². The predicted octanol–water partition coefficient (Wildman–Crippen LogP) is 0.540. The molecule has 0 fully saturated rings. The van der Waals surface area contributed by atoms with E-state index in [1.54, 1.807) is 0 Å². The van der Waals surface area contributed by atoms with Crippen molar-refractivity contribution in [2.75, 3.05) is 19.8 Å². The summed E-state index contributed by atoms with van der Waals surface area (Å²) in [6, 6.07) is 0. The lowest BCUT2D eigenvalue weighted by atomic mass is 10.8. The minimum Gasteiger partial charge on any atom is -0.394 e. The van der Waals surface area contributed by atoms with Crippen LogP contribution in [0.1, 0.15) is 6.92 Å². The van der Waals surface area contributed by atoms with Crippen LogP contribution in [-0.2, 0) is 9.05 Å². The Morgan fingerprint density at radius 2 is 2.25 bits per heavy atom. The molecule has 0 aromatic heterocycles. The molecule has 0 aliphatic heterocycles. The molecule has 0 rings (SSSR count). The van der Waals surface area contributed by atoms with Crippen molar-refractivity contribution < 1.29 is 14.2 Å². The van der Waals surface area contributed by atoms with Gasteiger partial charge in [-0.1, -0.05) is 0 Å². The van der Waals surface area contributed by atoms with Gasteiger partial charge in [0, 0.05) is 0 Å². The molecular formula is C4H11O3P. The minimum absolute atomic E-state index is 0.0695. The lowest BCUT2D eigenvalue weighted by Crippen LogP contribution is -1.91. The third-order valence-corrected chi connectivity index (χ3v) is 1.18. The second-order valence-electron chi connectivity index (χ2n) is 1.09. The number of aliphatic hydroxyl groups is 1. The maximum Gasteiger partial charge on any atom is 0.155 e. The van der Waals surface area contributed by atoms with Gasteiger partial charge in [0.25, 0.3) is 0 Å². The first-order valence-electron chi connectivity index (χ1n) is 2.51. The second kappa shape index (κ2) is 7.31. The van der Waals surface area contributed by atoms with E-state index >= 15 is 0 Å². The van der Waals surface area contributed by atoms with Gasteiger partial charge in [-0.3, -0.25) is 0 Å². The van der Waals surface area contributed by atoms with Crippen molar-refractivity contribution in [2.45, 2.75) is 6.92 Å². The maximum atomic E-state index is 8.19. The molecule has 8 heavy (non-hydrogen) atoms. The van der Waals surface area contributed by atoms with Crippen LogP contribution in [0, 0.1) is 0 Å². The molecule has 50 valence electrons. The van der Waals surface area contributed by atoms with E-state index in [1.165, 1.54) is 0 Å². The summed E-state index contributed by atoms with van der Waals surface area (Å²) < 4.78 is 9.61. The van der Waals surface area contributed by atoms with Crippen molar-refractivity contribution >= 4 is 9.03 Å². The van der Waals surface area contributed by atoms with Crippen LogP contribution < -0.4 is 0 Å². The van der Waals surface area contributed by atoms with Gasteiger partial charge in [0.2, 0.25) is 0 Å². The Morgan fingerprint density at radius 3 is 2.75 bits per heavy atom. The van der Waals surface area contributed by atoms with Crippen LogP contribution in [-0.4, -0.2) is 24.9 Å². The summed E-state index contributed by atoms with van der Waals surface area (Å²) in [4.78, 5) is 0. The van der Waals surface area contributed by atoms with E-state index in [0.717, 1.165) is 0 Å². The van der Waals surface area contributed by atoms with Gasteiger partial charge in [-0.05, 0) is 6.92 Å². The smallest absolute Gasteiger partial charge is 0.155 e. The number of hydrogen-bond donors (Lipinski definition) is 1. The molecule has 0 bridgehead atoms. The molecule has 1 N–H and O–H groups in total. The zero-order chi connectivity index (χ0) is 6.24. The van der Waals surface area contributed by atoms with Gasteiger partial charge in [0.05, 0.1) is 19.8 Å². The van der Waals surface area contributed by atoms with Crippen molar-refractivity contribution in [3.8, 4) is 0 Å². The molecule has 1 unspecified atom stereocenters. The highest BCUT2D eigenvalue weighted by molar-refractivity contribution is 7.26. The Labute approximate surface area is 50.9 Å². The fraction of sp³-hybridized carbons (Fsp3) is 1.00. The minimum atomic E-state index is 0.0695. The third-order valence-electron chi connectivity index (χ3n) is 0.456. The van der Waals surface area contributed by atoms with Crippen LogP contribution in [0.3, 0.4) is 0 Å². The summed E-state index contributed by atoms with van der Waals surface area (Å²) in [6.45, 7) is 3.01. The summed E-state index contributed by atoms with van der Waals surface area (Å²) in [6.07, 6.45) is 0. The number of hydrogen-bond acceptors (Lipinski definition) is 3. The molecule has 0 aromatic carbocycles. The average Bonchev–Trinajstić information content (AvgIpc) is 1.81. The summed E-state index contributed by atoms with van der Waals surface area (Å²) in [5.41, 5.74) is 0. The molecule has 4 heteroatoms. The largest absolute Gasteiger partial charge is 0.394 e. The summed E-state index contributed by atoms with van der Waals surface area (Å²) in [7, 11) is 0.0791. The summed E-state index contributed by atoms with van der Waals surface area (Å²) >= 11 is 0. The molecular weight excluding hydrogens is 127 g/mol. The molecule has 0 saturated heterocycles. The first-order chi connectivity index (χ1) is 3.91. The first-order valence-corrected chi connectivity index (χ1v) is 3.33. The molecule has 0 aliphatic rings. The van der Waals surface area contributed by atoms with Crippen molar-refractivity contribution in [3.63, 3.8) is 0 Å². The van der Waals surface area contributed by atoms with E-state index < -0.39 is 0 Å². The van der Waals surface area contributed by atoms with Crippen LogP contribution in [0.5, 0.6) is 0 Å². The van der Waals surface area contributed by atoms with E-state index in [9.17, 15) is 0 Å². The van der Waals surface area contributed by atoms with Crippen molar-refractivity contribution in [1.82, 2.24) is 0 Å². The van der Waals surface area contributed by atoms with Crippen molar-refractivity contribution in [2.24, 2.45) is 0 Å². The number of rotatable bonds is 5. The monoisotopic (exact) mass is 138 g/mol. The third kappa shape index (κ3) is 6.31. The highest BCUT2D eigenvalue weighted by atomic mass is 31.1. The van der Waals surface area contributed by atoms with Gasteiger partial charge < -0.3 is 14.2 Å². The van der Waals surface area contributed by atoms with E-state index in [2.05, 4.69) is 0 Å². The lowest BCUT2D eigenvalue weighted by molar-refractivity contribution is 0.196. The molecule has 0 amide bonds. The Bertz CT molecular complexity index is 36.3. The molecule has 0 aliphatic carbocycles.